The summed E-state index contributed by atoms with van der Waals surface area (Å²) in [5.74, 6) is 0. The lowest BCUT2D eigenvalue weighted by Crippen LogP contribution is -2.29. The van der Waals surface area contributed by atoms with Crippen molar-refractivity contribution >= 4 is 27.8 Å². The van der Waals surface area contributed by atoms with Crippen molar-refractivity contribution in [1.29, 1.82) is 0 Å². The zero-order valence-corrected chi connectivity index (χ0v) is 13.5. The molecule has 5 heteroatoms. The Morgan fingerprint density at radius 2 is 2.11 bits per heavy atom. The highest BCUT2D eigenvalue weighted by atomic mass is 32.1. The lowest BCUT2D eigenvalue weighted by molar-refractivity contribution is 0.684. The van der Waals surface area contributed by atoms with Gasteiger partial charge in [-0.3, -0.25) is 0 Å². The lowest BCUT2D eigenvalue weighted by Gasteiger charge is -2.25. The van der Waals surface area contributed by atoms with E-state index in [2.05, 4.69) is 36.3 Å². The zero-order chi connectivity index (χ0) is 14.0. The van der Waals surface area contributed by atoms with Crippen LogP contribution < -0.4 is 10.6 Å². The molecular formula is C14H21N3S2. The van der Waals surface area contributed by atoms with Gasteiger partial charge in [0.15, 0.2) is 5.13 Å². The maximum atomic E-state index is 5.99. The number of aryl methyl sites for hydroxylation is 1. The first-order chi connectivity index (χ1) is 8.99. The van der Waals surface area contributed by atoms with E-state index in [1.54, 1.807) is 22.7 Å². The molecule has 0 radical (unpaired) electrons. The number of rotatable bonds is 5. The SMILES string of the molecule is Cc1nc(N(Cc2cccs2)C(C)C)sc1C(C)N. The van der Waals surface area contributed by atoms with Crippen LogP contribution in [0.15, 0.2) is 17.5 Å². The molecule has 0 aliphatic rings. The van der Waals surface area contributed by atoms with Crippen molar-refractivity contribution in [2.45, 2.75) is 46.3 Å². The van der Waals surface area contributed by atoms with Gasteiger partial charge in [0.2, 0.25) is 0 Å². The average Bonchev–Trinajstić information content (AvgIpc) is 2.94. The number of aromatic nitrogens is 1. The highest BCUT2D eigenvalue weighted by Gasteiger charge is 2.19. The van der Waals surface area contributed by atoms with Crippen LogP contribution in [0, 0.1) is 6.92 Å². The van der Waals surface area contributed by atoms with Crippen LogP contribution in [0.4, 0.5) is 5.13 Å². The molecule has 19 heavy (non-hydrogen) atoms. The van der Waals surface area contributed by atoms with Gasteiger partial charge in [0.05, 0.1) is 12.2 Å². The van der Waals surface area contributed by atoms with E-state index in [1.807, 2.05) is 13.8 Å². The second kappa shape index (κ2) is 6.03. The van der Waals surface area contributed by atoms with Crippen molar-refractivity contribution in [2.75, 3.05) is 4.90 Å². The fraction of sp³-hybridized carbons (Fsp3) is 0.500. The second-order valence-corrected chi connectivity index (χ2v) is 7.08. The third-order valence-electron chi connectivity index (χ3n) is 3.01. The van der Waals surface area contributed by atoms with Crippen LogP contribution in [0.5, 0.6) is 0 Å². The molecule has 2 N–H and O–H groups in total. The number of thiazole rings is 1. The molecule has 0 spiro atoms. The molecule has 0 aliphatic carbocycles. The molecule has 0 amide bonds. The van der Waals surface area contributed by atoms with Crippen LogP contribution in [0.25, 0.3) is 0 Å². The lowest BCUT2D eigenvalue weighted by atomic mass is 10.2. The second-order valence-electron chi connectivity index (χ2n) is 5.04. The Kier molecular flexibility index (Phi) is 4.60. The van der Waals surface area contributed by atoms with Crippen molar-refractivity contribution in [2.24, 2.45) is 5.73 Å². The Morgan fingerprint density at radius 3 is 2.58 bits per heavy atom. The van der Waals surface area contributed by atoms with Crippen LogP contribution in [0.2, 0.25) is 0 Å². The Morgan fingerprint density at radius 1 is 1.37 bits per heavy atom. The smallest absolute Gasteiger partial charge is 0.186 e. The summed E-state index contributed by atoms with van der Waals surface area (Å²) >= 11 is 3.51. The van der Waals surface area contributed by atoms with Gasteiger partial charge in [-0.05, 0) is 39.1 Å². The molecule has 104 valence electrons. The zero-order valence-electron chi connectivity index (χ0n) is 11.9. The third kappa shape index (κ3) is 3.35. The Hall–Kier alpha value is -0.910. The van der Waals surface area contributed by atoms with Gasteiger partial charge in [-0.2, -0.15) is 0 Å². The van der Waals surface area contributed by atoms with Gasteiger partial charge >= 0.3 is 0 Å². The first-order valence-corrected chi connectivity index (χ1v) is 8.20. The average molecular weight is 295 g/mol. The van der Waals surface area contributed by atoms with Crippen molar-refractivity contribution in [1.82, 2.24) is 4.98 Å². The molecule has 1 unspecified atom stereocenters. The monoisotopic (exact) mass is 295 g/mol. The van der Waals surface area contributed by atoms with Crippen LogP contribution >= 0.6 is 22.7 Å². The number of hydrogen-bond acceptors (Lipinski definition) is 5. The van der Waals surface area contributed by atoms with E-state index < -0.39 is 0 Å². The molecule has 2 aromatic heterocycles. The molecule has 2 aromatic rings. The normalized spacial score (nSPS) is 12.9. The Balaban J connectivity index is 2.26. The minimum atomic E-state index is 0.0574. The summed E-state index contributed by atoms with van der Waals surface area (Å²) in [4.78, 5) is 9.60. The molecule has 0 aliphatic heterocycles. The molecule has 2 heterocycles. The first-order valence-electron chi connectivity index (χ1n) is 6.51. The fourth-order valence-electron chi connectivity index (χ4n) is 1.98. The van der Waals surface area contributed by atoms with E-state index in [-0.39, 0.29) is 6.04 Å². The minimum absolute atomic E-state index is 0.0574. The van der Waals surface area contributed by atoms with E-state index in [1.165, 1.54) is 9.75 Å². The van der Waals surface area contributed by atoms with Gasteiger partial charge < -0.3 is 10.6 Å². The van der Waals surface area contributed by atoms with Gasteiger partial charge in [0.1, 0.15) is 0 Å². The summed E-state index contributed by atoms with van der Waals surface area (Å²) in [6.07, 6.45) is 0. The van der Waals surface area contributed by atoms with Crippen molar-refractivity contribution < 1.29 is 0 Å². The molecule has 2 rings (SSSR count). The van der Waals surface area contributed by atoms with Crippen LogP contribution in [-0.2, 0) is 6.54 Å². The van der Waals surface area contributed by atoms with Gasteiger partial charge in [-0.25, -0.2) is 4.98 Å². The highest BCUT2D eigenvalue weighted by Crippen LogP contribution is 2.32. The fourth-order valence-corrected chi connectivity index (χ4v) is 3.83. The molecule has 0 saturated heterocycles. The van der Waals surface area contributed by atoms with E-state index >= 15 is 0 Å². The van der Waals surface area contributed by atoms with Gasteiger partial charge in [-0.15, -0.1) is 22.7 Å². The maximum Gasteiger partial charge on any atom is 0.186 e. The standard InChI is InChI=1S/C14H21N3S2/c1-9(2)17(8-12-6-5-7-18-12)14-16-11(4)13(19-14)10(3)15/h5-7,9-10H,8,15H2,1-4H3. The summed E-state index contributed by atoms with van der Waals surface area (Å²) in [6.45, 7) is 9.39. The molecule has 0 fully saturated rings. The predicted octanol–water partition coefficient (Wildman–Crippen LogP) is 3.95. The molecule has 3 nitrogen and oxygen atoms in total. The highest BCUT2D eigenvalue weighted by molar-refractivity contribution is 7.15. The number of nitrogens with zero attached hydrogens (tertiary/aromatic N) is 2. The predicted molar refractivity (Wildman–Crippen MR) is 85.1 cm³/mol. The number of thiophene rings is 1. The first kappa shape index (κ1) is 14.5. The largest absolute Gasteiger partial charge is 0.341 e. The number of nitrogens with two attached hydrogens (primary N) is 1. The van der Waals surface area contributed by atoms with Crippen molar-refractivity contribution in [3.63, 3.8) is 0 Å². The van der Waals surface area contributed by atoms with Crippen LogP contribution in [-0.4, -0.2) is 11.0 Å². The summed E-state index contributed by atoms with van der Waals surface area (Å²) in [5, 5.41) is 3.20. The number of anilines is 1. The molecule has 0 saturated carbocycles. The third-order valence-corrected chi connectivity index (χ3v) is 5.27. The summed E-state index contributed by atoms with van der Waals surface area (Å²) < 4.78 is 0. The van der Waals surface area contributed by atoms with Crippen LogP contribution in [0.1, 0.15) is 42.3 Å². The van der Waals surface area contributed by atoms with E-state index in [9.17, 15) is 0 Å². The van der Waals surface area contributed by atoms with E-state index in [0.717, 1.165) is 17.4 Å². The van der Waals surface area contributed by atoms with Crippen molar-refractivity contribution in [3.8, 4) is 0 Å². The maximum absolute atomic E-state index is 5.99. The molecule has 0 aromatic carbocycles. The molecule has 0 bridgehead atoms. The van der Waals surface area contributed by atoms with Crippen molar-refractivity contribution in [3.05, 3.63) is 33.0 Å². The molecule has 1 atom stereocenters. The van der Waals surface area contributed by atoms with Gasteiger partial charge in [-0.1, -0.05) is 6.07 Å². The van der Waals surface area contributed by atoms with E-state index in [4.69, 9.17) is 10.7 Å². The minimum Gasteiger partial charge on any atom is -0.341 e. The topological polar surface area (TPSA) is 42.2 Å². The summed E-state index contributed by atoms with van der Waals surface area (Å²) in [7, 11) is 0. The number of hydrogen-bond donors (Lipinski definition) is 1. The van der Waals surface area contributed by atoms with E-state index in [0.29, 0.717) is 6.04 Å². The van der Waals surface area contributed by atoms with Gasteiger partial charge in [0, 0.05) is 21.8 Å². The Bertz CT molecular complexity index is 515. The summed E-state index contributed by atoms with van der Waals surface area (Å²) in [5.41, 5.74) is 7.06. The Labute approximate surface area is 123 Å². The quantitative estimate of drug-likeness (QED) is 0.908. The summed E-state index contributed by atoms with van der Waals surface area (Å²) in [6, 6.07) is 4.75. The molecular weight excluding hydrogens is 274 g/mol. The van der Waals surface area contributed by atoms with Crippen LogP contribution in [0.3, 0.4) is 0 Å². The van der Waals surface area contributed by atoms with Gasteiger partial charge in [0.25, 0.3) is 0 Å².